The molecule has 1 atom stereocenters. The lowest BCUT2D eigenvalue weighted by Crippen LogP contribution is -2.39. The molecule has 0 fully saturated rings. The summed E-state index contributed by atoms with van der Waals surface area (Å²) in [6, 6.07) is 6.48. The molecule has 1 aliphatic rings. The van der Waals surface area contributed by atoms with Crippen molar-refractivity contribution in [2.45, 2.75) is 32.7 Å². The monoisotopic (exact) mass is 249 g/mol. The van der Waals surface area contributed by atoms with Gasteiger partial charge in [-0.25, -0.2) is 0 Å². The topological polar surface area (TPSA) is 32.7 Å². The number of rotatable bonds is 4. The maximum atomic E-state index is 9.50. The first-order chi connectivity index (χ1) is 8.63. The maximum Gasteiger partial charge on any atom is 0.122 e. The summed E-state index contributed by atoms with van der Waals surface area (Å²) >= 11 is 0. The van der Waals surface area contributed by atoms with E-state index >= 15 is 0 Å². The molecule has 3 heteroatoms. The van der Waals surface area contributed by atoms with Gasteiger partial charge in [-0.3, -0.25) is 0 Å². The Bertz CT molecular complexity index is 403. The van der Waals surface area contributed by atoms with E-state index in [1.807, 2.05) is 7.05 Å². The van der Waals surface area contributed by atoms with Crippen LogP contribution in [0.4, 0.5) is 5.69 Å². The van der Waals surface area contributed by atoms with Crippen LogP contribution in [0.25, 0.3) is 0 Å². The molecule has 0 saturated heterocycles. The summed E-state index contributed by atoms with van der Waals surface area (Å²) in [5, 5.41) is 9.50. The number of hydrogen-bond acceptors (Lipinski definition) is 3. The first-order valence-electron chi connectivity index (χ1n) is 6.73. The summed E-state index contributed by atoms with van der Waals surface area (Å²) in [5.41, 5.74) is 2.44. The molecule has 0 radical (unpaired) electrons. The van der Waals surface area contributed by atoms with Crippen molar-refractivity contribution in [3.8, 4) is 5.75 Å². The fourth-order valence-corrected chi connectivity index (χ4v) is 2.54. The van der Waals surface area contributed by atoms with Gasteiger partial charge >= 0.3 is 0 Å². The molecule has 0 aromatic heterocycles. The van der Waals surface area contributed by atoms with Crippen LogP contribution in [-0.4, -0.2) is 31.4 Å². The van der Waals surface area contributed by atoms with Crippen LogP contribution >= 0.6 is 0 Å². The number of benzene rings is 1. The van der Waals surface area contributed by atoms with Gasteiger partial charge in [0.2, 0.25) is 0 Å². The van der Waals surface area contributed by atoms with Crippen LogP contribution in [-0.2, 0) is 6.42 Å². The van der Waals surface area contributed by atoms with Crippen molar-refractivity contribution < 1.29 is 9.84 Å². The van der Waals surface area contributed by atoms with Crippen molar-refractivity contribution in [2.24, 2.45) is 5.92 Å². The van der Waals surface area contributed by atoms with Gasteiger partial charge in [0.05, 0.1) is 19.3 Å². The summed E-state index contributed by atoms with van der Waals surface area (Å²) in [6.45, 7) is 5.28. The molecule has 0 amide bonds. The van der Waals surface area contributed by atoms with Crippen molar-refractivity contribution >= 4 is 5.69 Å². The van der Waals surface area contributed by atoms with Gasteiger partial charge < -0.3 is 14.7 Å². The first-order valence-corrected chi connectivity index (χ1v) is 6.73. The minimum Gasteiger partial charge on any atom is -0.493 e. The number of aryl methyl sites for hydroxylation is 1. The minimum atomic E-state index is 0.160. The minimum absolute atomic E-state index is 0.160. The molecule has 100 valence electrons. The van der Waals surface area contributed by atoms with Gasteiger partial charge in [0.15, 0.2) is 0 Å². The average molecular weight is 249 g/mol. The van der Waals surface area contributed by atoms with Gasteiger partial charge in [-0.2, -0.15) is 0 Å². The summed E-state index contributed by atoms with van der Waals surface area (Å²) in [6.07, 6.45) is 2.18. The Morgan fingerprint density at radius 3 is 2.83 bits per heavy atom. The largest absolute Gasteiger partial charge is 0.493 e. The number of likely N-dealkylation sites (N-methyl/N-ethyl adjacent to an activating group) is 1. The summed E-state index contributed by atoms with van der Waals surface area (Å²) in [7, 11) is 2.05. The second-order valence-electron chi connectivity index (χ2n) is 5.35. The second kappa shape index (κ2) is 5.61. The zero-order valence-corrected chi connectivity index (χ0v) is 11.5. The molecule has 0 spiro atoms. The van der Waals surface area contributed by atoms with E-state index in [4.69, 9.17) is 4.74 Å². The molecule has 2 rings (SSSR count). The number of hydrogen-bond donors (Lipinski definition) is 1. The molecule has 1 aromatic rings. The highest BCUT2D eigenvalue weighted by atomic mass is 16.5. The Balaban J connectivity index is 2.22. The third-order valence-corrected chi connectivity index (χ3v) is 3.75. The average Bonchev–Trinajstić information content (AvgIpc) is 2.38. The van der Waals surface area contributed by atoms with Crippen molar-refractivity contribution in [3.63, 3.8) is 0 Å². The molecule has 18 heavy (non-hydrogen) atoms. The highest BCUT2D eigenvalue weighted by Crippen LogP contribution is 2.30. The molecular weight excluding hydrogens is 226 g/mol. The smallest absolute Gasteiger partial charge is 0.122 e. The highest BCUT2D eigenvalue weighted by Gasteiger charge is 2.19. The Labute approximate surface area is 109 Å². The van der Waals surface area contributed by atoms with Gasteiger partial charge in [0, 0.05) is 12.7 Å². The van der Waals surface area contributed by atoms with Crippen LogP contribution in [0.2, 0.25) is 0 Å². The van der Waals surface area contributed by atoms with E-state index in [1.165, 1.54) is 5.56 Å². The molecular formula is C15H23NO2. The van der Waals surface area contributed by atoms with Gasteiger partial charge in [-0.15, -0.1) is 0 Å². The van der Waals surface area contributed by atoms with E-state index in [1.54, 1.807) is 0 Å². The zero-order valence-electron chi connectivity index (χ0n) is 11.5. The summed E-state index contributed by atoms with van der Waals surface area (Å²) < 4.78 is 5.62. The lowest BCUT2D eigenvalue weighted by Gasteiger charge is -2.32. The predicted molar refractivity (Wildman–Crippen MR) is 74.4 cm³/mol. The van der Waals surface area contributed by atoms with Crippen LogP contribution in [0.1, 0.15) is 25.8 Å². The quantitative estimate of drug-likeness (QED) is 0.889. The van der Waals surface area contributed by atoms with E-state index in [-0.39, 0.29) is 12.6 Å². The SMILES string of the molecule is CC(C)C(CO)N(C)c1ccc2c(c1)CCCO2. The number of aliphatic hydroxyl groups is 1. The molecule has 0 aliphatic carbocycles. The Hall–Kier alpha value is -1.22. The molecule has 0 saturated carbocycles. The third kappa shape index (κ3) is 2.61. The van der Waals surface area contributed by atoms with Crippen molar-refractivity contribution in [1.82, 2.24) is 0 Å². The van der Waals surface area contributed by atoms with Crippen LogP contribution < -0.4 is 9.64 Å². The molecule has 1 N–H and O–H groups in total. The second-order valence-corrected chi connectivity index (χ2v) is 5.35. The fraction of sp³-hybridized carbons (Fsp3) is 0.600. The standard InChI is InChI=1S/C15H23NO2/c1-11(2)14(10-17)16(3)13-6-7-15-12(9-13)5-4-8-18-15/h6-7,9,11,14,17H,4-5,8,10H2,1-3H3. The molecule has 1 aromatic carbocycles. The van der Waals surface area contributed by atoms with E-state index in [0.29, 0.717) is 5.92 Å². The van der Waals surface area contributed by atoms with Crippen molar-refractivity contribution in [3.05, 3.63) is 23.8 Å². The van der Waals surface area contributed by atoms with Gasteiger partial charge in [0.1, 0.15) is 5.75 Å². The van der Waals surface area contributed by atoms with Gasteiger partial charge in [-0.1, -0.05) is 13.8 Å². The molecule has 1 aliphatic heterocycles. The van der Waals surface area contributed by atoms with E-state index < -0.39 is 0 Å². The molecule has 1 unspecified atom stereocenters. The summed E-state index contributed by atoms with van der Waals surface area (Å²) in [4.78, 5) is 2.17. The highest BCUT2D eigenvalue weighted by molar-refractivity contribution is 5.54. The Kier molecular flexibility index (Phi) is 4.12. The van der Waals surface area contributed by atoms with Crippen molar-refractivity contribution in [1.29, 1.82) is 0 Å². The molecule has 3 nitrogen and oxygen atoms in total. The van der Waals surface area contributed by atoms with Crippen LogP contribution in [0.5, 0.6) is 5.75 Å². The zero-order chi connectivity index (χ0) is 13.1. The maximum absolute atomic E-state index is 9.50. The normalized spacial score (nSPS) is 16.1. The van der Waals surface area contributed by atoms with Gasteiger partial charge in [0.25, 0.3) is 0 Å². The van der Waals surface area contributed by atoms with E-state index in [0.717, 1.165) is 30.9 Å². The number of nitrogens with zero attached hydrogens (tertiary/aromatic N) is 1. The Morgan fingerprint density at radius 1 is 1.39 bits per heavy atom. The number of anilines is 1. The van der Waals surface area contributed by atoms with Crippen LogP contribution in [0, 0.1) is 5.92 Å². The third-order valence-electron chi connectivity index (χ3n) is 3.75. The number of ether oxygens (including phenoxy) is 1. The first kappa shape index (κ1) is 13.2. The Morgan fingerprint density at radius 2 is 2.17 bits per heavy atom. The lowest BCUT2D eigenvalue weighted by molar-refractivity contribution is 0.234. The molecule has 0 bridgehead atoms. The number of aliphatic hydroxyl groups excluding tert-OH is 1. The number of fused-ring (bicyclic) bond motifs is 1. The van der Waals surface area contributed by atoms with Crippen LogP contribution in [0.15, 0.2) is 18.2 Å². The molecule has 1 heterocycles. The van der Waals surface area contributed by atoms with Crippen LogP contribution in [0.3, 0.4) is 0 Å². The van der Waals surface area contributed by atoms with E-state index in [9.17, 15) is 5.11 Å². The van der Waals surface area contributed by atoms with E-state index in [2.05, 4.69) is 36.9 Å². The lowest BCUT2D eigenvalue weighted by atomic mass is 10.0. The van der Waals surface area contributed by atoms with Crippen molar-refractivity contribution in [2.75, 3.05) is 25.2 Å². The fourth-order valence-electron chi connectivity index (χ4n) is 2.54. The summed E-state index contributed by atoms with van der Waals surface area (Å²) in [5.74, 6) is 1.44. The predicted octanol–water partition coefficient (Wildman–Crippen LogP) is 2.46. The van der Waals surface area contributed by atoms with Gasteiger partial charge in [-0.05, 0) is 42.5 Å².